The number of aliphatic hydroxyl groups excluding tert-OH is 1. The van der Waals surface area contributed by atoms with Crippen LogP contribution in [-0.4, -0.2) is 46.4 Å². The van der Waals surface area contributed by atoms with Crippen molar-refractivity contribution in [3.05, 3.63) is 35.9 Å². The van der Waals surface area contributed by atoms with Crippen molar-refractivity contribution >= 4 is 12.0 Å². The number of rotatable bonds is 4. The monoisotopic (exact) mass is 334 g/mol. The van der Waals surface area contributed by atoms with Crippen LogP contribution in [0.4, 0.5) is 4.79 Å². The van der Waals surface area contributed by atoms with Crippen LogP contribution in [0.15, 0.2) is 30.3 Å². The number of carbonyl (C=O) groups is 2. The van der Waals surface area contributed by atoms with Crippen molar-refractivity contribution in [3.63, 3.8) is 0 Å². The van der Waals surface area contributed by atoms with Crippen molar-refractivity contribution in [1.82, 2.24) is 10.2 Å². The molecule has 0 saturated carbocycles. The number of likely N-dealkylation sites (tertiary alicyclic amines) is 1. The minimum atomic E-state index is -0.781. The molecule has 1 aliphatic heterocycles. The van der Waals surface area contributed by atoms with E-state index in [2.05, 4.69) is 5.32 Å². The molecule has 1 unspecified atom stereocenters. The number of hydrogen-bond donors (Lipinski definition) is 2. The summed E-state index contributed by atoms with van der Waals surface area (Å²) in [5, 5.41) is 12.6. The van der Waals surface area contributed by atoms with Crippen LogP contribution in [-0.2, 0) is 16.0 Å². The fourth-order valence-corrected chi connectivity index (χ4v) is 2.71. The molecule has 2 rings (SSSR count). The van der Waals surface area contributed by atoms with E-state index in [-0.39, 0.29) is 5.91 Å². The van der Waals surface area contributed by atoms with Gasteiger partial charge in [-0.15, -0.1) is 0 Å². The third-order valence-electron chi connectivity index (χ3n) is 3.78. The standard InChI is InChI=1S/C18H26N2O4/c1-18(2,3)24-17(23)19-14(12-13-8-5-4-6-9-13)16(22)20-11-7-10-15(20)21/h4-6,8-9,14-15,21H,7,10-12H2,1-3H3,(H,19,23)/t14-,15?/m0/s1. The van der Waals surface area contributed by atoms with Crippen molar-refractivity contribution in [3.8, 4) is 0 Å². The van der Waals surface area contributed by atoms with Gasteiger partial charge < -0.3 is 20.1 Å². The molecule has 2 atom stereocenters. The van der Waals surface area contributed by atoms with Gasteiger partial charge >= 0.3 is 6.09 Å². The fourth-order valence-electron chi connectivity index (χ4n) is 2.71. The quantitative estimate of drug-likeness (QED) is 0.883. The molecule has 132 valence electrons. The lowest BCUT2D eigenvalue weighted by molar-refractivity contribution is -0.140. The molecule has 0 bridgehead atoms. The van der Waals surface area contributed by atoms with Crippen LogP contribution in [0.5, 0.6) is 0 Å². The molecule has 1 heterocycles. The van der Waals surface area contributed by atoms with Gasteiger partial charge in [-0.2, -0.15) is 0 Å². The van der Waals surface area contributed by atoms with Crippen molar-refractivity contribution in [2.75, 3.05) is 6.54 Å². The van der Waals surface area contributed by atoms with Gasteiger partial charge in [0.1, 0.15) is 17.9 Å². The predicted molar refractivity (Wildman–Crippen MR) is 90.3 cm³/mol. The van der Waals surface area contributed by atoms with E-state index in [0.29, 0.717) is 19.4 Å². The first-order valence-electron chi connectivity index (χ1n) is 8.28. The van der Waals surface area contributed by atoms with Gasteiger partial charge in [-0.25, -0.2) is 4.79 Å². The van der Waals surface area contributed by atoms with Crippen molar-refractivity contribution < 1.29 is 19.4 Å². The first-order chi connectivity index (χ1) is 11.3. The normalized spacial score (nSPS) is 19.0. The Hall–Kier alpha value is -2.08. The van der Waals surface area contributed by atoms with Crippen LogP contribution in [0, 0.1) is 0 Å². The zero-order chi connectivity index (χ0) is 17.7. The second kappa shape index (κ2) is 7.66. The topological polar surface area (TPSA) is 78.9 Å². The van der Waals surface area contributed by atoms with Gasteiger partial charge in [-0.3, -0.25) is 4.79 Å². The lowest BCUT2D eigenvalue weighted by Gasteiger charge is -2.28. The molecule has 2 amide bonds. The number of benzene rings is 1. The van der Waals surface area contributed by atoms with E-state index in [0.717, 1.165) is 12.0 Å². The summed E-state index contributed by atoms with van der Waals surface area (Å²) in [4.78, 5) is 26.3. The number of hydrogen-bond acceptors (Lipinski definition) is 4. The molecule has 1 aliphatic rings. The van der Waals surface area contributed by atoms with Gasteiger partial charge in [0.25, 0.3) is 0 Å². The van der Waals surface area contributed by atoms with E-state index in [1.54, 1.807) is 20.8 Å². The molecule has 0 aliphatic carbocycles. The van der Waals surface area contributed by atoms with E-state index in [1.807, 2.05) is 30.3 Å². The number of amides is 2. The van der Waals surface area contributed by atoms with Gasteiger partial charge in [0.15, 0.2) is 0 Å². The molecule has 0 radical (unpaired) electrons. The number of nitrogens with zero attached hydrogens (tertiary/aromatic N) is 1. The Labute approximate surface area is 142 Å². The molecule has 1 aromatic rings. The van der Waals surface area contributed by atoms with Crippen LogP contribution in [0.3, 0.4) is 0 Å². The van der Waals surface area contributed by atoms with Crippen LogP contribution >= 0.6 is 0 Å². The fraction of sp³-hybridized carbons (Fsp3) is 0.556. The average Bonchev–Trinajstić information content (AvgIpc) is 2.91. The van der Waals surface area contributed by atoms with E-state index in [9.17, 15) is 14.7 Å². The minimum absolute atomic E-state index is 0.283. The summed E-state index contributed by atoms with van der Waals surface area (Å²) in [5.74, 6) is -0.283. The van der Waals surface area contributed by atoms with Gasteiger partial charge in [0.2, 0.25) is 5.91 Å². The van der Waals surface area contributed by atoms with Crippen LogP contribution < -0.4 is 5.32 Å². The maximum atomic E-state index is 12.8. The molecule has 1 aromatic carbocycles. The second-order valence-corrected chi connectivity index (χ2v) is 7.04. The molecule has 2 N–H and O–H groups in total. The number of carbonyl (C=O) groups excluding carboxylic acids is 2. The zero-order valence-electron chi connectivity index (χ0n) is 14.5. The molecule has 6 heteroatoms. The Bertz CT molecular complexity index is 568. The molecule has 24 heavy (non-hydrogen) atoms. The third kappa shape index (κ3) is 5.23. The lowest BCUT2D eigenvalue weighted by atomic mass is 10.0. The molecule has 0 aromatic heterocycles. The average molecular weight is 334 g/mol. The smallest absolute Gasteiger partial charge is 0.408 e. The summed E-state index contributed by atoms with van der Waals surface area (Å²) in [6.07, 6.45) is 0.261. The Balaban J connectivity index is 2.11. The molecule has 6 nitrogen and oxygen atoms in total. The number of alkyl carbamates (subject to hydrolysis) is 1. The first kappa shape index (κ1) is 18.3. The lowest BCUT2D eigenvalue weighted by Crippen LogP contribution is -2.52. The van der Waals surface area contributed by atoms with Crippen LogP contribution in [0.25, 0.3) is 0 Å². The highest BCUT2D eigenvalue weighted by Crippen LogP contribution is 2.17. The first-order valence-corrected chi connectivity index (χ1v) is 8.28. The van der Waals surface area contributed by atoms with E-state index >= 15 is 0 Å². The SMILES string of the molecule is CC(C)(C)OC(=O)N[C@@H](Cc1ccccc1)C(=O)N1CCCC1O. The second-order valence-electron chi connectivity index (χ2n) is 7.04. The maximum Gasteiger partial charge on any atom is 0.408 e. The van der Waals surface area contributed by atoms with E-state index < -0.39 is 24.0 Å². The highest BCUT2D eigenvalue weighted by Gasteiger charge is 2.33. The molecule has 1 fully saturated rings. The van der Waals surface area contributed by atoms with Crippen molar-refractivity contribution in [2.45, 2.75) is 57.9 Å². The molecular formula is C18H26N2O4. The maximum absolute atomic E-state index is 12.8. The summed E-state index contributed by atoms with van der Waals surface area (Å²) in [7, 11) is 0. The summed E-state index contributed by atoms with van der Waals surface area (Å²) in [5.41, 5.74) is 0.290. The number of aliphatic hydroxyl groups is 1. The highest BCUT2D eigenvalue weighted by molar-refractivity contribution is 5.86. The Morgan fingerprint density at radius 2 is 2.00 bits per heavy atom. The van der Waals surface area contributed by atoms with Crippen LogP contribution in [0.2, 0.25) is 0 Å². The molecule has 0 spiro atoms. The van der Waals surface area contributed by atoms with Gasteiger partial charge in [-0.05, 0) is 39.2 Å². The van der Waals surface area contributed by atoms with Crippen molar-refractivity contribution in [1.29, 1.82) is 0 Å². The van der Waals surface area contributed by atoms with Gasteiger partial charge in [-0.1, -0.05) is 30.3 Å². The number of nitrogens with one attached hydrogen (secondary N) is 1. The van der Waals surface area contributed by atoms with Crippen molar-refractivity contribution in [2.24, 2.45) is 0 Å². The molecular weight excluding hydrogens is 308 g/mol. The third-order valence-corrected chi connectivity index (χ3v) is 3.78. The largest absolute Gasteiger partial charge is 0.444 e. The summed E-state index contributed by atoms with van der Waals surface area (Å²) >= 11 is 0. The Morgan fingerprint density at radius 1 is 1.33 bits per heavy atom. The number of ether oxygens (including phenoxy) is 1. The van der Waals surface area contributed by atoms with Gasteiger partial charge in [0, 0.05) is 13.0 Å². The van der Waals surface area contributed by atoms with Gasteiger partial charge in [0.05, 0.1) is 0 Å². The predicted octanol–water partition coefficient (Wildman–Crippen LogP) is 2.06. The Morgan fingerprint density at radius 3 is 2.54 bits per heavy atom. The van der Waals surface area contributed by atoms with Crippen LogP contribution in [0.1, 0.15) is 39.2 Å². The van der Waals surface area contributed by atoms with E-state index in [1.165, 1.54) is 4.90 Å². The Kier molecular flexibility index (Phi) is 5.83. The minimum Gasteiger partial charge on any atom is -0.444 e. The summed E-state index contributed by atoms with van der Waals surface area (Å²) < 4.78 is 5.26. The summed E-state index contributed by atoms with van der Waals surface area (Å²) in [6.45, 7) is 5.81. The summed E-state index contributed by atoms with van der Waals surface area (Å²) in [6, 6.07) is 8.69. The zero-order valence-corrected chi connectivity index (χ0v) is 14.5. The highest BCUT2D eigenvalue weighted by atomic mass is 16.6. The molecule has 1 saturated heterocycles. The van der Waals surface area contributed by atoms with E-state index in [4.69, 9.17) is 4.74 Å².